The second-order valence-electron chi connectivity index (χ2n) is 4.70. The molecule has 1 aromatic rings. The summed E-state index contributed by atoms with van der Waals surface area (Å²) in [5.41, 5.74) is 1.28. The van der Waals surface area contributed by atoms with Crippen LogP contribution in [0.15, 0.2) is 24.3 Å². The molecule has 0 bridgehead atoms. The predicted molar refractivity (Wildman–Crippen MR) is 65.0 cm³/mol. The van der Waals surface area contributed by atoms with Crippen molar-refractivity contribution in [2.24, 2.45) is 5.92 Å². The number of rotatable bonds is 6. The molecular weight excluding hydrogens is 201 g/mol. The molecule has 0 heterocycles. The van der Waals surface area contributed by atoms with Crippen molar-refractivity contribution < 1.29 is 4.39 Å². The monoisotopic (exact) mass is 221 g/mol. The largest absolute Gasteiger partial charge is 0.316 e. The van der Waals surface area contributed by atoms with Gasteiger partial charge in [0.25, 0.3) is 0 Å². The standard InChI is InChI=1S/C14H20FN/c1-2-9-16-10-14(11-3-4-11)12-5-7-13(15)8-6-12/h5-8,11,14,16H,2-4,9-10H2,1H3. The van der Waals surface area contributed by atoms with Crippen molar-refractivity contribution in [1.82, 2.24) is 5.32 Å². The van der Waals surface area contributed by atoms with Crippen LogP contribution in [0.5, 0.6) is 0 Å². The Morgan fingerprint density at radius 2 is 2.00 bits per heavy atom. The van der Waals surface area contributed by atoms with Crippen LogP contribution in [-0.4, -0.2) is 13.1 Å². The normalized spacial score (nSPS) is 17.4. The third-order valence-corrected chi connectivity index (χ3v) is 3.28. The topological polar surface area (TPSA) is 12.0 Å². The fourth-order valence-electron chi connectivity index (χ4n) is 2.20. The number of benzene rings is 1. The van der Waals surface area contributed by atoms with Gasteiger partial charge in [0, 0.05) is 6.54 Å². The van der Waals surface area contributed by atoms with Crippen molar-refractivity contribution in [3.63, 3.8) is 0 Å². The Kier molecular flexibility index (Phi) is 3.94. The molecule has 1 aliphatic carbocycles. The van der Waals surface area contributed by atoms with Gasteiger partial charge in [0.1, 0.15) is 5.82 Å². The van der Waals surface area contributed by atoms with E-state index in [1.165, 1.54) is 24.8 Å². The molecule has 0 saturated heterocycles. The Hall–Kier alpha value is -0.890. The van der Waals surface area contributed by atoms with Gasteiger partial charge in [-0.05, 0) is 55.3 Å². The molecule has 2 heteroatoms. The van der Waals surface area contributed by atoms with E-state index in [0.29, 0.717) is 5.92 Å². The van der Waals surface area contributed by atoms with Gasteiger partial charge in [-0.25, -0.2) is 4.39 Å². The molecule has 0 amide bonds. The first-order valence-corrected chi connectivity index (χ1v) is 6.27. The van der Waals surface area contributed by atoms with Crippen molar-refractivity contribution in [2.45, 2.75) is 32.1 Å². The van der Waals surface area contributed by atoms with E-state index in [1.54, 1.807) is 12.1 Å². The number of hydrogen-bond acceptors (Lipinski definition) is 1. The first-order valence-electron chi connectivity index (χ1n) is 6.27. The molecule has 1 aromatic carbocycles. The predicted octanol–water partition coefficient (Wildman–Crippen LogP) is 3.32. The highest BCUT2D eigenvalue weighted by Crippen LogP contribution is 2.42. The molecule has 1 aliphatic rings. The van der Waals surface area contributed by atoms with Gasteiger partial charge in [-0.3, -0.25) is 0 Å². The lowest BCUT2D eigenvalue weighted by Crippen LogP contribution is -2.23. The van der Waals surface area contributed by atoms with Gasteiger partial charge < -0.3 is 5.32 Å². The zero-order chi connectivity index (χ0) is 11.4. The van der Waals surface area contributed by atoms with E-state index in [0.717, 1.165) is 19.0 Å². The van der Waals surface area contributed by atoms with E-state index >= 15 is 0 Å². The Morgan fingerprint density at radius 3 is 2.56 bits per heavy atom. The number of halogens is 1. The van der Waals surface area contributed by atoms with Gasteiger partial charge in [-0.2, -0.15) is 0 Å². The number of nitrogens with one attached hydrogen (secondary N) is 1. The lowest BCUT2D eigenvalue weighted by molar-refractivity contribution is 0.532. The highest BCUT2D eigenvalue weighted by atomic mass is 19.1. The third kappa shape index (κ3) is 3.05. The zero-order valence-corrected chi connectivity index (χ0v) is 9.88. The molecule has 1 N–H and O–H groups in total. The van der Waals surface area contributed by atoms with Crippen LogP contribution in [0.2, 0.25) is 0 Å². The van der Waals surface area contributed by atoms with Crippen molar-refractivity contribution in [2.75, 3.05) is 13.1 Å². The van der Waals surface area contributed by atoms with Gasteiger partial charge in [0.2, 0.25) is 0 Å². The SMILES string of the molecule is CCCNCC(c1ccc(F)cc1)C1CC1. The van der Waals surface area contributed by atoms with Crippen molar-refractivity contribution in [3.05, 3.63) is 35.6 Å². The van der Waals surface area contributed by atoms with Crippen LogP contribution in [0.4, 0.5) is 4.39 Å². The molecule has 0 spiro atoms. The minimum Gasteiger partial charge on any atom is -0.316 e. The minimum atomic E-state index is -0.139. The van der Waals surface area contributed by atoms with Gasteiger partial charge in [-0.1, -0.05) is 19.1 Å². The van der Waals surface area contributed by atoms with Crippen LogP contribution < -0.4 is 5.32 Å². The van der Waals surface area contributed by atoms with Crippen molar-refractivity contribution >= 4 is 0 Å². The maximum absolute atomic E-state index is 12.9. The molecule has 1 unspecified atom stereocenters. The summed E-state index contributed by atoms with van der Waals surface area (Å²) in [5, 5.41) is 3.48. The third-order valence-electron chi connectivity index (χ3n) is 3.28. The van der Waals surface area contributed by atoms with E-state index in [1.807, 2.05) is 12.1 Å². The summed E-state index contributed by atoms with van der Waals surface area (Å²) in [6.07, 6.45) is 3.83. The average Bonchev–Trinajstić information content (AvgIpc) is 3.10. The van der Waals surface area contributed by atoms with Crippen molar-refractivity contribution in [3.8, 4) is 0 Å². The Balaban J connectivity index is 1.98. The Morgan fingerprint density at radius 1 is 1.31 bits per heavy atom. The van der Waals surface area contributed by atoms with Crippen molar-refractivity contribution in [1.29, 1.82) is 0 Å². The Bertz CT molecular complexity index is 316. The molecule has 0 aromatic heterocycles. The molecule has 0 aliphatic heterocycles. The summed E-state index contributed by atoms with van der Waals surface area (Å²) in [6.45, 7) is 4.28. The van der Waals surface area contributed by atoms with Crippen LogP contribution in [0.3, 0.4) is 0 Å². The minimum absolute atomic E-state index is 0.139. The van der Waals surface area contributed by atoms with Gasteiger partial charge in [-0.15, -0.1) is 0 Å². The average molecular weight is 221 g/mol. The molecule has 1 fully saturated rings. The molecule has 1 saturated carbocycles. The van der Waals surface area contributed by atoms with Crippen LogP contribution in [-0.2, 0) is 0 Å². The molecule has 88 valence electrons. The lowest BCUT2D eigenvalue weighted by atomic mass is 9.94. The highest BCUT2D eigenvalue weighted by Gasteiger charge is 2.31. The summed E-state index contributed by atoms with van der Waals surface area (Å²) in [7, 11) is 0. The fraction of sp³-hybridized carbons (Fsp3) is 0.571. The van der Waals surface area contributed by atoms with E-state index in [-0.39, 0.29) is 5.82 Å². The van der Waals surface area contributed by atoms with Crippen LogP contribution in [0, 0.1) is 11.7 Å². The summed E-state index contributed by atoms with van der Waals surface area (Å²) in [5.74, 6) is 1.25. The molecule has 1 atom stereocenters. The highest BCUT2D eigenvalue weighted by molar-refractivity contribution is 5.23. The van der Waals surface area contributed by atoms with E-state index in [2.05, 4.69) is 12.2 Å². The summed E-state index contributed by atoms with van der Waals surface area (Å²) < 4.78 is 12.9. The lowest BCUT2D eigenvalue weighted by Gasteiger charge is -2.17. The van der Waals surface area contributed by atoms with Crippen LogP contribution in [0.25, 0.3) is 0 Å². The van der Waals surface area contributed by atoms with Gasteiger partial charge in [0.15, 0.2) is 0 Å². The summed E-state index contributed by atoms with van der Waals surface area (Å²) >= 11 is 0. The zero-order valence-electron chi connectivity index (χ0n) is 9.88. The molecule has 16 heavy (non-hydrogen) atoms. The Labute approximate surface area is 97.1 Å². The first-order chi connectivity index (χ1) is 7.81. The molecule has 2 rings (SSSR count). The smallest absolute Gasteiger partial charge is 0.123 e. The van der Waals surface area contributed by atoms with E-state index in [4.69, 9.17) is 0 Å². The first kappa shape index (κ1) is 11.6. The van der Waals surface area contributed by atoms with Gasteiger partial charge >= 0.3 is 0 Å². The quantitative estimate of drug-likeness (QED) is 0.727. The summed E-state index contributed by atoms with van der Waals surface area (Å²) in [4.78, 5) is 0. The fourth-order valence-corrected chi connectivity index (χ4v) is 2.20. The second-order valence-corrected chi connectivity index (χ2v) is 4.70. The van der Waals surface area contributed by atoms with E-state index in [9.17, 15) is 4.39 Å². The molecule has 1 nitrogen and oxygen atoms in total. The van der Waals surface area contributed by atoms with E-state index < -0.39 is 0 Å². The van der Waals surface area contributed by atoms with Crippen LogP contribution >= 0.6 is 0 Å². The maximum atomic E-state index is 12.9. The second kappa shape index (κ2) is 5.44. The van der Waals surface area contributed by atoms with Gasteiger partial charge in [0.05, 0.1) is 0 Å². The maximum Gasteiger partial charge on any atom is 0.123 e. The van der Waals surface area contributed by atoms with Crippen LogP contribution in [0.1, 0.15) is 37.7 Å². The summed E-state index contributed by atoms with van der Waals surface area (Å²) in [6, 6.07) is 7.02. The molecule has 0 radical (unpaired) electrons. The molecular formula is C14H20FN. The number of hydrogen-bond donors (Lipinski definition) is 1.